The highest BCUT2D eigenvalue weighted by Gasteiger charge is 2.44. The first-order valence-electron chi connectivity index (χ1n) is 12.5. The van der Waals surface area contributed by atoms with Gasteiger partial charge in [0.2, 0.25) is 0 Å². The lowest BCUT2D eigenvalue weighted by molar-refractivity contribution is 0.0229. The van der Waals surface area contributed by atoms with Crippen LogP contribution in [-0.4, -0.2) is 23.8 Å². The van der Waals surface area contributed by atoms with Gasteiger partial charge in [-0.3, -0.25) is 0 Å². The van der Waals surface area contributed by atoms with Crippen molar-refractivity contribution < 1.29 is 9.84 Å². The van der Waals surface area contributed by atoms with Crippen LogP contribution in [0.5, 0.6) is 0 Å². The zero-order valence-corrected chi connectivity index (χ0v) is 21.1. The van der Waals surface area contributed by atoms with Crippen LogP contribution in [0.2, 0.25) is 0 Å². The third kappa shape index (κ3) is 4.90. The smallest absolute Gasteiger partial charge is 0.130 e. The first kappa shape index (κ1) is 23.7. The summed E-state index contributed by atoms with van der Waals surface area (Å²) in [5.74, 6) is 0. The van der Waals surface area contributed by atoms with Crippen LogP contribution >= 0.6 is 0 Å². The Hall–Kier alpha value is -2.98. The van der Waals surface area contributed by atoms with E-state index in [4.69, 9.17) is 4.74 Å². The Kier molecular flexibility index (Phi) is 6.50. The number of fused-ring (bicyclic) bond motifs is 1. The maximum Gasteiger partial charge on any atom is 0.130 e. The first-order valence-corrected chi connectivity index (χ1v) is 12.5. The third-order valence-corrected chi connectivity index (χ3v) is 7.22. The van der Waals surface area contributed by atoms with Crippen LogP contribution in [0.15, 0.2) is 78.9 Å². The molecule has 0 aliphatic carbocycles. The molecule has 1 fully saturated rings. The van der Waals surface area contributed by atoms with Gasteiger partial charge in [-0.1, -0.05) is 95.1 Å². The fraction of sp³-hybridized carbons (Fsp3) is 0.312. The monoisotopic (exact) mass is 465 g/mol. The summed E-state index contributed by atoms with van der Waals surface area (Å²) in [6, 6.07) is 27.6. The molecular weight excluding hydrogens is 430 g/mol. The lowest BCUT2D eigenvalue weighted by Gasteiger charge is -2.36. The normalized spacial score (nSPS) is 18.3. The molecule has 0 saturated carbocycles. The minimum absolute atomic E-state index is 0.0369. The maximum absolute atomic E-state index is 12.5. The number of hydrogen-bond acceptors (Lipinski definition) is 3. The van der Waals surface area contributed by atoms with Crippen LogP contribution in [0.1, 0.15) is 45.4 Å². The molecule has 0 radical (unpaired) electrons. The van der Waals surface area contributed by atoms with Crippen LogP contribution in [0.3, 0.4) is 0 Å². The zero-order valence-electron chi connectivity index (χ0n) is 21.1. The van der Waals surface area contributed by atoms with E-state index in [1.54, 1.807) is 0 Å². The highest BCUT2D eigenvalue weighted by molar-refractivity contribution is 5.82. The summed E-state index contributed by atoms with van der Waals surface area (Å²) in [5, 5.41) is 18.5. The number of rotatable bonds is 6. The molecule has 3 nitrogen and oxygen atoms in total. The summed E-state index contributed by atoms with van der Waals surface area (Å²) in [7, 11) is 0. The number of hydrogen-bond donors (Lipinski definition) is 2. The van der Waals surface area contributed by atoms with Crippen LogP contribution in [0.4, 0.5) is 0 Å². The first-order chi connectivity index (χ1) is 16.8. The maximum atomic E-state index is 12.5. The summed E-state index contributed by atoms with van der Waals surface area (Å²) in [6.07, 6.45) is 0.777. The van der Waals surface area contributed by atoms with Crippen molar-refractivity contribution in [3.8, 4) is 0 Å². The van der Waals surface area contributed by atoms with Gasteiger partial charge in [-0.2, -0.15) is 0 Å². The van der Waals surface area contributed by atoms with Crippen molar-refractivity contribution in [3.05, 3.63) is 118 Å². The molecule has 0 aromatic heterocycles. The second-order valence-electron chi connectivity index (χ2n) is 10.3. The van der Waals surface area contributed by atoms with E-state index in [9.17, 15) is 5.11 Å². The van der Waals surface area contributed by atoms with E-state index in [-0.39, 0.29) is 12.1 Å². The molecule has 5 rings (SSSR count). The number of benzene rings is 4. The molecule has 0 amide bonds. The summed E-state index contributed by atoms with van der Waals surface area (Å²) in [4.78, 5) is 0. The Morgan fingerprint density at radius 2 is 1.34 bits per heavy atom. The van der Waals surface area contributed by atoms with Gasteiger partial charge in [-0.15, -0.1) is 0 Å². The molecule has 0 spiro atoms. The molecule has 1 saturated heterocycles. The van der Waals surface area contributed by atoms with Gasteiger partial charge in [0.25, 0.3) is 0 Å². The lowest BCUT2D eigenvalue weighted by atomic mass is 9.77. The van der Waals surface area contributed by atoms with Gasteiger partial charge < -0.3 is 15.2 Å². The van der Waals surface area contributed by atoms with Gasteiger partial charge >= 0.3 is 0 Å². The van der Waals surface area contributed by atoms with Crippen molar-refractivity contribution in [2.75, 3.05) is 6.54 Å². The van der Waals surface area contributed by atoms with Crippen molar-refractivity contribution in [2.24, 2.45) is 0 Å². The molecule has 1 aliphatic rings. The van der Waals surface area contributed by atoms with Crippen molar-refractivity contribution in [1.82, 2.24) is 5.32 Å². The zero-order chi connectivity index (χ0) is 24.6. The van der Waals surface area contributed by atoms with Crippen LogP contribution in [-0.2, 0) is 16.9 Å². The van der Waals surface area contributed by atoms with E-state index < -0.39 is 5.60 Å². The van der Waals surface area contributed by atoms with E-state index in [0.717, 1.165) is 46.3 Å². The highest BCUT2D eigenvalue weighted by Crippen LogP contribution is 2.39. The second-order valence-corrected chi connectivity index (χ2v) is 10.3. The van der Waals surface area contributed by atoms with Gasteiger partial charge in [-0.25, -0.2) is 0 Å². The van der Waals surface area contributed by atoms with Crippen molar-refractivity contribution in [2.45, 2.75) is 58.5 Å². The molecule has 0 bridgehead atoms. The summed E-state index contributed by atoms with van der Waals surface area (Å²) in [5.41, 5.74) is 6.53. The molecule has 2 N–H and O–H groups in total. The van der Waals surface area contributed by atoms with E-state index in [1.807, 2.05) is 0 Å². The quantitative estimate of drug-likeness (QED) is 0.353. The highest BCUT2D eigenvalue weighted by atomic mass is 16.5. The number of aliphatic hydroxyl groups is 1. The molecular formula is C32H35NO2. The average Bonchev–Trinajstić information content (AvgIpc) is 3.30. The van der Waals surface area contributed by atoms with Gasteiger partial charge in [0.05, 0.1) is 12.7 Å². The van der Waals surface area contributed by atoms with Crippen LogP contribution < -0.4 is 5.32 Å². The van der Waals surface area contributed by atoms with E-state index >= 15 is 0 Å². The molecule has 180 valence electrons. The van der Waals surface area contributed by atoms with Gasteiger partial charge in [0, 0.05) is 12.6 Å². The average molecular weight is 466 g/mol. The summed E-state index contributed by atoms with van der Waals surface area (Å²) < 4.78 is 6.36. The second kappa shape index (κ2) is 9.58. The van der Waals surface area contributed by atoms with Crippen LogP contribution in [0, 0.1) is 27.7 Å². The molecule has 3 heteroatoms. The molecule has 0 unspecified atom stereocenters. The number of ether oxygens (including phenoxy) is 1. The summed E-state index contributed by atoms with van der Waals surface area (Å²) >= 11 is 0. The van der Waals surface area contributed by atoms with Gasteiger partial charge in [0.1, 0.15) is 5.60 Å². The molecule has 4 aromatic carbocycles. The Morgan fingerprint density at radius 1 is 0.771 bits per heavy atom. The fourth-order valence-electron chi connectivity index (χ4n) is 5.65. The Labute approximate surface area is 208 Å². The summed E-state index contributed by atoms with van der Waals surface area (Å²) in [6.45, 7) is 9.66. The fourth-order valence-corrected chi connectivity index (χ4v) is 5.65. The van der Waals surface area contributed by atoms with Gasteiger partial charge in [-0.05, 0) is 67.6 Å². The largest absolute Gasteiger partial charge is 0.379 e. The standard InChI is InChI=1S/C32H35NO2/c1-21-11-22(2)14-28(13-21)32(34,29-15-23(3)12-24(4)16-29)31-18-30(19-33-31)35-20-25-9-10-26-7-5-6-8-27(26)17-25/h5-17,30-31,33-34H,18-20H2,1-4H3/t30-,31-/m1/s1. The molecule has 35 heavy (non-hydrogen) atoms. The van der Waals surface area contributed by atoms with E-state index in [0.29, 0.717) is 6.61 Å². The number of nitrogens with one attached hydrogen (secondary N) is 1. The predicted molar refractivity (Wildman–Crippen MR) is 144 cm³/mol. The number of aryl methyl sites for hydroxylation is 4. The molecule has 2 atom stereocenters. The minimum Gasteiger partial charge on any atom is -0.379 e. The molecule has 1 aliphatic heterocycles. The minimum atomic E-state index is -1.14. The van der Waals surface area contributed by atoms with Crippen molar-refractivity contribution in [3.63, 3.8) is 0 Å². The lowest BCUT2D eigenvalue weighted by Crippen LogP contribution is -2.46. The predicted octanol–water partition coefficient (Wildman–Crippen LogP) is 6.26. The molecule has 1 heterocycles. The van der Waals surface area contributed by atoms with Crippen molar-refractivity contribution >= 4 is 10.8 Å². The van der Waals surface area contributed by atoms with Crippen LogP contribution in [0.25, 0.3) is 10.8 Å². The Morgan fingerprint density at radius 3 is 1.94 bits per heavy atom. The van der Waals surface area contributed by atoms with E-state index in [2.05, 4.69) is 112 Å². The topological polar surface area (TPSA) is 41.5 Å². The SMILES string of the molecule is Cc1cc(C)cc(C(O)(c2cc(C)cc(C)c2)[C@H]2C[C@@H](OCc3ccc4ccccc4c3)CN2)c1. The van der Waals surface area contributed by atoms with Crippen molar-refractivity contribution in [1.29, 1.82) is 0 Å². The molecule has 4 aromatic rings. The Bertz CT molecular complexity index is 1270. The van der Waals surface area contributed by atoms with E-state index in [1.165, 1.54) is 16.3 Å². The Balaban J connectivity index is 1.40. The van der Waals surface area contributed by atoms with Gasteiger partial charge in [0.15, 0.2) is 0 Å². The third-order valence-electron chi connectivity index (χ3n) is 7.22.